The van der Waals surface area contributed by atoms with Crippen molar-refractivity contribution >= 4 is 30.0 Å². The van der Waals surface area contributed by atoms with Crippen LogP contribution in [0, 0.1) is 11.3 Å². The first kappa shape index (κ1) is 49.3. The zero-order chi connectivity index (χ0) is 45.1. The molecule has 0 aromatic heterocycles. The van der Waals surface area contributed by atoms with Gasteiger partial charge in [-0.1, -0.05) is 76.1 Å². The molecule has 17 heteroatoms. The molecule has 1 unspecified atom stereocenters. The van der Waals surface area contributed by atoms with Gasteiger partial charge in [0.1, 0.15) is 18.3 Å². The fraction of sp³-hybridized carbons (Fsp3) is 0.659. The summed E-state index contributed by atoms with van der Waals surface area (Å²) in [5, 5.41) is 46.3. The number of carbonyl (C=O) groups is 4. The summed E-state index contributed by atoms with van der Waals surface area (Å²) in [6.07, 6.45) is 5.69. The molecule has 5 heterocycles. The number of hydrogen-bond acceptors (Lipinski definition) is 17. The highest BCUT2D eigenvalue weighted by molar-refractivity contribution is 5.87. The maximum atomic E-state index is 13.2. The summed E-state index contributed by atoms with van der Waals surface area (Å²) >= 11 is 0. The number of fused-ring (bicyclic) bond motifs is 8. The van der Waals surface area contributed by atoms with Gasteiger partial charge in [-0.25, -0.2) is 9.59 Å². The van der Waals surface area contributed by atoms with Crippen LogP contribution in [0.25, 0.3) is 0 Å². The predicted octanol–water partition coefficient (Wildman–Crippen LogP) is 3.13. The smallest absolute Gasteiger partial charge is 0.373 e. The predicted molar refractivity (Wildman–Crippen MR) is 211 cm³/mol. The van der Waals surface area contributed by atoms with Crippen LogP contribution in [0.3, 0.4) is 0 Å². The van der Waals surface area contributed by atoms with Gasteiger partial charge < -0.3 is 53.6 Å². The Labute approximate surface area is 355 Å². The van der Waals surface area contributed by atoms with Gasteiger partial charge in [0, 0.05) is 56.3 Å². The van der Waals surface area contributed by atoms with Crippen LogP contribution in [0.5, 0.6) is 0 Å². The van der Waals surface area contributed by atoms with Crippen LogP contribution in [0.2, 0.25) is 0 Å². The standard InChI is InChI=1S/C43H60O15.CO2/c1-7-9-10-11-12-13-36(47)56-40-33-22-38(49)55-39(33)34-20-32(24-44)54-37(48)19-28(46)18-30-21-35(52-26(4)45)41(5,6)42(50,57-30)23-31-17-27(8-2)16-29(53-31)15-14-25(3)43(40,51)58-34;2-1-3/h8,10-15,22,25,28-32,34-35,39-40,44,46,50-51H,7,9,16-21,23-24H2,1-6H3;/b11-10+,13-12+,15-14+,27-8+;/t25?,28-,29+,30-,31+,32-,34-,35+,39-,40+,42+,43+;/m1./s1. The van der Waals surface area contributed by atoms with E-state index >= 15 is 0 Å². The number of allylic oxidation sites excluding steroid dienone is 4. The van der Waals surface area contributed by atoms with Crippen molar-refractivity contribution in [2.45, 2.75) is 166 Å². The van der Waals surface area contributed by atoms with Crippen molar-refractivity contribution < 1.29 is 82.4 Å². The number of aliphatic hydroxyl groups excluding tert-OH is 2. The zero-order valence-corrected chi connectivity index (χ0v) is 35.6. The molecular formula is C44H60O17. The van der Waals surface area contributed by atoms with Crippen molar-refractivity contribution in [2.75, 3.05) is 6.61 Å². The van der Waals surface area contributed by atoms with E-state index in [9.17, 15) is 39.6 Å². The molecule has 0 spiro atoms. The number of unbranched alkanes of at least 4 members (excludes halogenated alkanes) is 1. The number of cyclic esters (lactones) is 1. The number of esters is 4. The van der Waals surface area contributed by atoms with Gasteiger partial charge in [-0.15, -0.1) is 0 Å². The average Bonchev–Trinajstić information content (AvgIpc) is 3.58. The van der Waals surface area contributed by atoms with E-state index in [-0.39, 0.29) is 37.4 Å². The Hall–Kier alpha value is -4.32. The molecule has 0 amide bonds. The number of hydrogen-bond donors (Lipinski definition) is 4. The summed E-state index contributed by atoms with van der Waals surface area (Å²) in [6, 6.07) is 0. The average molecular weight is 861 g/mol. The second-order valence-corrected chi connectivity index (χ2v) is 16.6. The van der Waals surface area contributed by atoms with Crippen LogP contribution < -0.4 is 0 Å². The van der Waals surface area contributed by atoms with Gasteiger partial charge in [0.2, 0.25) is 5.79 Å². The molecule has 3 fully saturated rings. The van der Waals surface area contributed by atoms with E-state index in [0.29, 0.717) is 12.8 Å². The SMILES string of the molecule is C/C=C1/C[C@H]2C[C@]3(O)O[C@H](C[C@@H](O)CC(=O)O[C@@H](CO)C[C@H]4O[C@@](O)(C(C)/C=C/[C@@H](C1)O2)[C@@H](OC(=O)/C=C/C=C/CCC)C1=CC(=O)O[C@H]14)C[C@H](OC(C)=O)C3(C)C.O=C=O. The summed E-state index contributed by atoms with van der Waals surface area (Å²) in [5.41, 5.74) is 0.0290. The Kier molecular flexibility index (Phi) is 17.5. The van der Waals surface area contributed by atoms with Crippen LogP contribution in [0.1, 0.15) is 99.3 Å². The van der Waals surface area contributed by atoms with E-state index < -0.39 is 115 Å². The molecule has 0 aliphatic carbocycles. The van der Waals surface area contributed by atoms with E-state index in [1.807, 2.05) is 26.0 Å². The topological polar surface area (TPSA) is 248 Å². The molecule has 17 nitrogen and oxygen atoms in total. The number of ether oxygens (including phenoxy) is 7. The maximum Gasteiger partial charge on any atom is 0.373 e. The van der Waals surface area contributed by atoms with E-state index in [0.717, 1.165) is 24.5 Å². The van der Waals surface area contributed by atoms with E-state index in [4.69, 9.17) is 42.7 Å². The molecule has 0 radical (unpaired) electrons. The van der Waals surface area contributed by atoms with E-state index in [1.165, 1.54) is 19.1 Å². The fourth-order valence-corrected chi connectivity index (χ4v) is 8.40. The second kappa shape index (κ2) is 21.7. The van der Waals surface area contributed by atoms with Gasteiger partial charge in [-0.2, -0.15) is 9.59 Å². The molecule has 61 heavy (non-hydrogen) atoms. The first-order valence-corrected chi connectivity index (χ1v) is 20.7. The van der Waals surface area contributed by atoms with Crippen molar-refractivity contribution in [2.24, 2.45) is 11.3 Å². The molecule has 12 atom stereocenters. The van der Waals surface area contributed by atoms with Gasteiger partial charge in [-0.05, 0) is 26.2 Å². The Morgan fingerprint density at radius 2 is 1.70 bits per heavy atom. The van der Waals surface area contributed by atoms with Crippen molar-refractivity contribution in [3.63, 3.8) is 0 Å². The van der Waals surface area contributed by atoms with Crippen molar-refractivity contribution in [3.8, 4) is 0 Å². The molecule has 6 bridgehead atoms. The van der Waals surface area contributed by atoms with Gasteiger partial charge in [0.25, 0.3) is 0 Å². The molecule has 4 N–H and O–H groups in total. The van der Waals surface area contributed by atoms with Crippen LogP contribution in [-0.2, 0) is 61.9 Å². The molecule has 5 rings (SSSR count). The molecule has 5 aliphatic heterocycles. The van der Waals surface area contributed by atoms with E-state index in [2.05, 4.69) is 0 Å². The Morgan fingerprint density at radius 1 is 0.984 bits per heavy atom. The minimum Gasteiger partial charge on any atom is -0.462 e. The molecule has 3 saturated heterocycles. The van der Waals surface area contributed by atoms with Gasteiger partial charge in [0.05, 0.1) is 42.9 Å². The van der Waals surface area contributed by atoms with Crippen LogP contribution in [-0.4, -0.2) is 124 Å². The Morgan fingerprint density at radius 3 is 2.36 bits per heavy atom. The van der Waals surface area contributed by atoms with Crippen molar-refractivity contribution in [3.05, 3.63) is 59.8 Å². The van der Waals surface area contributed by atoms with Crippen molar-refractivity contribution in [1.29, 1.82) is 0 Å². The van der Waals surface area contributed by atoms with Crippen LogP contribution in [0.4, 0.5) is 0 Å². The van der Waals surface area contributed by atoms with Crippen LogP contribution >= 0.6 is 0 Å². The molecule has 0 aromatic carbocycles. The van der Waals surface area contributed by atoms with Gasteiger partial charge in [0.15, 0.2) is 18.0 Å². The number of aliphatic hydroxyl groups is 4. The third kappa shape index (κ3) is 12.4. The molecule has 0 aromatic rings. The minimum atomic E-state index is -2.31. The fourth-order valence-electron chi connectivity index (χ4n) is 8.40. The Bertz CT molecular complexity index is 1760. The van der Waals surface area contributed by atoms with Gasteiger partial charge in [-0.3, -0.25) is 9.59 Å². The quantitative estimate of drug-likeness (QED) is 0.0944. The second-order valence-electron chi connectivity index (χ2n) is 16.6. The first-order chi connectivity index (χ1) is 28.8. The molecular weight excluding hydrogens is 800 g/mol. The monoisotopic (exact) mass is 860 g/mol. The summed E-state index contributed by atoms with van der Waals surface area (Å²) < 4.78 is 41.9. The summed E-state index contributed by atoms with van der Waals surface area (Å²) in [6.45, 7) is 9.63. The first-order valence-electron chi connectivity index (χ1n) is 20.7. The Balaban J connectivity index is 0.00000265. The minimum absolute atomic E-state index is 0.0424. The van der Waals surface area contributed by atoms with E-state index in [1.54, 1.807) is 39.0 Å². The summed E-state index contributed by atoms with van der Waals surface area (Å²) in [7, 11) is 0. The number of rotatable bonds is 7. The van der Waals surface area contributed by atoms with Crippen molar-refractivity contribution in [1.82, 2.24) is 0 Å². The molecule has 5 aliphatic rings. The lowest BCUT2D eigenvalue weighted by Crippen LogP contribution is -2.62. The third-order valence-corrected chi connectivity index (χ3v) is 11.8. The molecule has 0 saturated carbocycles. The van der Waals surface area contributed by atoms with Gasteiger partial charge >= 0.3 is 30.0 Å². The van der Waals surface area contributed by atoms with Crippen LogP contribution in [0.15, 0.2) is 59.8 Å². The largest absolute Gasteiger partial charge is 0.462 e. The molecule has 338 valence electrons. The summed E-state index contributed by atoms with van der Waals surface area (Å²) in [5.74, 6) is -8.17. The lowest BCUT2D eigenvalue weighted by Gasteiger charge is -2.53. The third-order valence-electron chi connectivity index (χ3n) is 11.8. The highest BCUT2D eigenvalue weighted by Gasteiger charge is 2.60. The maximum absolute atomic E-state index is 13.2. The number of carbonyl (C=O) groups excluding carboxylic acids is 6. The normalized spacial score (nSPS) is 37.8. The highest BCUT2D eigenvalue weighted by atomic mass is 16.7. The summed E-state index contributed by atoms with van der Waals surface area (Å²) in [4.78, 5) is 67.7. The lowest BCUT2D eigenvalue weighted by molar-refractivity contribution is -0.348. The lowest BCUT2D eigenvalue weighted by atomic mass is 9.70. The highest BCUT2D eigenvalue weighted by Crippen LogP contribution is 2.49. The zero-order valence-electron chi connectivity index (χ0n) is 35.6.